The summed E-state index contributed by atoms with van der Waals surface area (Å²) >= 11 is 7.65. The molecule has 0 saturated carbocycles. The Labute approximate surface area is 122 Å². The third kappa shape index (κ3) is 3.20. The van der Waals surface area contributed by atoms with Gasteiger partial charge < -0.3 is 4.42 Å². The number of hydrogen-bond donors (Lipinski definition) is 1. The average molecular weight is 297 g/mol. The normalized spacial score (nSPS) is 18.6. The molecule has 2 aromatic heterocycles. The van der Waals surface area contributed by atoms with Gasteiger partial charge in [0.2, 0.25) is 0 Å². The lowest BCUT2D eigenvalue weighted by Gasteiger charge is -2.30. The number of rotatable bonds is 4. The Morgan fingerprint density at radius 3 is 2.68 bits per heavy atom. The molecule has 1 aliphatic rings. The van der Waals surface area contributed by atoms with Gasteiger partial charge in [0.25, 0.3) is 0 Å². The molecule has 0 radical (unpaired) electrons. The molecule has 1 N–H and O–H groups in total. The zero-order valence-corrected chi connectivity index (χ0v) is 12.2. The van der Waals surface area contributed by atoms with E-state index in [9.17, 15) is 0 Å². The van der Waals surface area contributed by atoms with Crippen LogP contribution in [0.1, 0.15) is 35.9 Å². The van der Waals surface area contributed by atoms with Gasteiger partial charge in [-0.3, -0.25) is 0 Å². The van der Waals surface area contributed by atoms with Crippen molar-refractivity contribution >= 4 is 22.9 Å². The second kappa shape index (κ2) is 6.09. The lowest BCUT2D eigenvalue weighted by atomic mass is 10.1. The average Bonchev–Trinajstić information content (AvgIpc) is 3.09. The second-order valence-electron chi connectivity index (χ2n) is 4.77. The quantitative estimate of drug-likeness (QED) is 0.922. The molecular weight excluding hydrogens is 280 g/mol. The molecule has 3 rings (SSSR count). The van der Waals surface area contributed by atoms with Crippen LogP contribution in [0.25, 0.3) is 0 Å². The molecule has 3 heterocycles. The van der Waals surface area contributed by atoms with Crippen molar-refractivity contribution in [3.05, 3.63) is 45.5 Å². The minimum Gasteiger partial charge on any atom is -0.467 e. The van der Waals surface area contributed by atoms with Crippen molar-refractivity contribution in [2.45, 2.75) is 25.3 Å². The highest BCUT2D eigenvalue weighted by atomic mass is 35.5. The van der Waals surface area contributed by atoms with E-state index in [0.717, 1.165) is 23.2 Å². The highest BCUT2D eigenvalue weighted by Gasteiger charge is 2.22. The first-order valence-corrected chi connectivity index (χ1v) is 7.82. The van der Waals surface area contributed by atoms with Gasteiger partial charge in [0, 0.05) is 18.0 Å². The van der Waals surface area contributed by atoms with Gasteiger partial charge in [-0.1, -0.05) is 18.0 Å². The molecule has 0 bridgehead atoms. The van der Waals surface area contributed by atoms with Crippen LogP contribution in [-0.4, -0.2) is 18.1 Å². The molecule has 1 fully saturated rings. The van der Waals surface area contributed by atoms with Crippen molar-refractivity contribution in [2.24, 2.45) is 0 Å². The fourth-order valence-electron chi connectivity index (χ4n) is 2.41. The van der Waals surface area contributed by atoms with Gasteiger partial charge >= 0.3 is 0 Å². The number of nitrogens with zero attached hydrogens (tertiary/aromatic N) is 1. The lowest BCUT2D eigenvalue weighted by Crippen LogP contribution is -2.43. The first-order valence-electron chi connectivity index (χ1n) is 6.63. The van der Waals surface area contributed by atoms with Crippen LogP contribution in [0, 0.1) is 0 Å². The van der Waals surface area contributed by atoms with E-state index in [4.69, 9.17) is 16.0 Å². The molecule has 2 aromatic rings. The van der Waals surface area contributed by atoms with Gasteiger partial charge in [0.1, 0.15) is 11.8 Å². The van der Waals surface area contributed by atoms with E-state index in [1.54, 1.807) is 17.6 Å². The predicted molar refractivity (Wildman–Crippen MR) is 78.4 cm³/mol. The molecule has 3 nitrogen and oxygen atoms in total. The Bertz CT molecular complexity index is 505. The van der Waals surface area contributed by atoms with Gasteiger partial charge in [0.05, 0.1) is 10.6 Å². The molecule has 0 spiro atoms. The molecule has 5 heteroatoms. The van der Waals surface area contributed by atoms with E-state index >= 15 is 0 Å². The maximum absolute atomic E-state index is 6.06. The Morgan fingerprint density at radius 1 is 1.21 bits per heavy atom. The Kier molecular flexibility index (Phi) is 4.23. The molecule has 0 aromatic carbocycles. The van der Waals surface area contributed by atoms with E-state index in [1.165, 1.54) is 24.1 Å². The van der Waals surface area contributed by atoms with E-state index < -0.39 is 0 Å². The number of piperidine rings is 1. The smallest absolute Gasteiger partial charge is 0.127 e. The highest BCUT2D eigenvalue weighted by molar-refractivity contribution is 7.16. The van der Waals surface area contributed by atoms with Crippen molar-refractivity contribution in [2.75, 3.05) is 13.1 Å². The summed E-state index contributed by atoms with van der Waals surface area (Å²) in [6.45, 7) is 2.19. The van der Waals surface area contributed by atoms with E-state index in [1.807, 2.05) is 18.2 Å². The van der Waals surface area contributed by atoms with Gasteiger partial charge in [-0.25, -0.2) is 10.4 Å². The predicted octanol–water partition coefficient (Wildman–Crippen LogP) is 4.07. The van der Waals surface area contributed by atoms with Crippen molar-refractivity contribution < 1.29 is 4.42 Å². The maximum atomic E-state index is 6.06. The van der Waals surface area contributed by atoms with Crippen LogP contribution < -0.4 is 5.43 Å². The summed E-state index contributed by atoms with van der Waals surface area (Å²) in [4.78, 5) is 1.19. The fraction of sp³-hybridized carbons (Fsp3) is 0.429. The van der Waals surface area contributed by atoms with Crippen molar-refractivity contribution in [3.8, 4) is 0 Å². The molecule has 0 aliphatic carbocycles. The van der Waals surface area contributed by atoms with Crippen LogP contribution >= 0.6 is 22.9 Å². The summed E-state index contributed by atoms with van der Waals surface area (Å²) in [5, 5.41) is 2.30. The van der Waals surface area contributed by atoms with E-state index in [0.29, 0.717) is 0 Å². The number of hydrazine groups is 1. The molecule has 1 unspecified atom stereocenters. The molecule has 102 valence electrons. The van der Waals surface area contributed by atoms with E-state index in [-0.39, 0.29) is 6.04 Å². The molecule has 1 atom stereocenters. The minimum atomic E-state index is 0.0607. The second-order valence-corrected chi connectivity index (χ2v) is 6.51. The monoisotopic (exact) mass is 296 g/mol. The van der Waals surface area contributed by atoms with Crippen LogP contribution in [0.4, 0.5) is 0 Å². The van der Waals surface area contributed by atoms with E-state index in [2.05, 4.69) is 16.5 Å². The zero-order chi connectivity index (χ0) is 13.1. The minimum absolute atomic E-state index is 0.0607. The molecular formula is C14H17ClN2OS. The largest absolute Gasteiger partial charge is 0.467 e. The van der Waals surface area contributed by atoms with Crippen LogP contribution in [0.15, 0.2) is 34.9 Å². The molecule has 1 aliphatic heterocycles. The van der Waals surface area contributed by atoms with Gasteiger partial charge in [-0.15, -0.1) is 11.3 Å². The van der Waals surface area contributed by atoms with Crippen LogP contribution in [0.2, 0.25) is 4.34 Å². The summed E-state index contributed by atoms with van der Waals surface area (Å²) < 4.78 is 6.39. The number of thiophene rings is 1. The molecule has 1 saturated heterocycles. The first kappa shape index (κ1) is 13.2. The lowest BCUT2D eigenvalue weighted by molar-refractivity contribution is 0.133. The fourth-order valence-corrected chi connectivity index (χ4v) is 3.53. The Hall–Kier alpha value is -0.810. The van der Waals surface area contributed by atoms with Crippen LogP contribution in [0.3, 0.4) is 0 Å². The maximum Gasteiger partial charge on any atom is 0.127 e. The topological polar surface area (TPSA) is 28.4 Å². The van der Waals surface area contributed by atoms with Crippen LogP contribution in [0.5, 0.6) is 0 Å². The number of hydrogen-bond acceptors (Lipinski definition) is 4. The number of nitrogens with one attached hydrogen (secondary N) is 1. The van der Waals surface area contributed by atoms with Gasteiger partial charge in [-0.05, 0) is 37.1 Å². The summed E-state index contributed by atoms with van der Waals surface area (Å²) in [6.07, 6.45) is 5.55. The first-order chi connectivity index (χ1) is 9.33. The van der Waals surface area contributed by atoms with Crippen LogP contribution in [-0.2, 0) is 0 Å². The summed E-state index contributed by atoms with van der Waals surface area (Å²) in [5.41, 5.74) is 3.58. The SMILES string of the molecule is Clc1ccc(C(NN2CCCCC2)c2ccco2)s1. The van der Waals surface area contributed by atoms with Gasteiger partial charge in [0.15, 0.2) is 0 Å². The third-order valence-electron chi connectivity index (χ3n) is 3.37. The van der Waals surface area contributed by atoms with Crippen molar-refractivity contribution in [1.82, 2.24) is 10.4 Å². The Balaban J connectivity index is 1.80. The standard InChI is InChI=1S/C14H17ClN2OS/c15-13-7-6-12(19-13)14(11-5-4-10-18-11)16-17-8-2-1-3-9-17/h4-7,10,14,16H,1-3,8-9H2. The number of furan rings is 1. The van der Waals surface area contributed by atoms with Crippen molar-refractivity contribution in [3.63, 3.8) is 0 Å². The van der Waals surface area contributed by atoms with Crippen molar-refractivity contribution in [1.29, 1.82) is 0 Å². The van der Waals surface area contributed by atoms with Gasteiger partial charge in [-0.2, -0.15) is 0 Å². The number of halogens is 1. The third-order valence-corrected chi connectivity index (χ3v) is 4.67. The summed E-state index contributed by atoms with van der Waals surface area (Å²) in [5.74, 6) is 0.934. The summed E-state index contributed by atoms with van der Waals surface area (Å²) in [7, 11) is 0. The molecule has 0 amide bonds. The summed E-state index contributed by atoms with van der Waals surface area (Å²) in [6, 6.07) is 8.00. The molecule has 19 heavy (non-hydrogen) atoms. The zero-order valence-electron chi connectivity index (χ0n) is 10.6. The Morgan fingerprint density at radius 2 is 2.05 bits per heavy atom. The highest BCUT2D eigenvalue weighted by Crippen LogP contribution is 2.31.